The zero-order valence-electron chi connectivity index (χ0n) is 16.9. The van der Waals surface area contributed by atoms with E-state index in [1.165, 1.54) is 17.5 Å². The van der Waals surface area contributed by atoms with Gasteiger partial charge in [-0.25, -0.2) is 5.10 Å². The van der Waals surface area contributed by atoms with E-state index >= 15 is 0 Å². The van der Waals surface area contributed by atoms with Crippen molar-refractivity contribution < 1.29 is 4.52 Å². The number of hydrogen-bond donors (Lipinski definition) is 3. The highest BCUT2D eigenvalue weighted by Gasteiger charge is 2.39. The van der Waals surface area contributed by atoms with Crippen molar-refractivity contribution in [2.24, 2.45) is 10.9 Å². The Morgan fingerprint density at radius 3 is 2.42 bits per heavy atom. The lowest BCUT2D eigenvalue weighted by Crippen LogP contribution is -2.23. The van der Waals surface area contributed by atoms with Crippen molar-refractivity contribution in [2.75, 3.05) is 0 Å². The van der Waals surface area contributed by atoms with Crippen LogP contribution in [0.4, 0.5) is 0 Å². The minimum Gasteiger partial charge on any atom is -0.321 e. The molecule has 0 atom stereocenters. The highest BCUT2D eigenvalue weighted by molar-refractivity contribution is 7.97. The molecule has 6 heteroatoms. The van der Waals surface area contributed by atoms with Crippen LogP contribution in [0.3, 0.4) is 0 Å². The number of nitrogens with zero attached hydrogens (tertiary/aromatic N) is 2. The Morgan fingerprint density at radius 1 is 0.903 bits per heavy atom. The molecule has 0 amide bonds. The van der Waals surface area contributed by atoms with Gasteiger partial charge in [0.15, 0.2) is 6.20 Å². The summed E-state index contributed by atoms with van der Waals surface area (Å²) in [5.74, 6) is 0. The van der Waals surface area contributed by atoms with E-state index in [9.17, 15) is 0 Å². The van der Waals surface area contributed by atoms with Gasteiger partial charge in [0.05, 0.1) is 17.3 Å². The first kappa shape index (κ1) is 18.6. The fourth-order valence-electron chi connectivity index (χ4n) is 4.30. The first-order valence-corrected chi connectivity index (χ1v) is 11.2. The molecule has 152 valence electrons. The highest BCUT2D eigenvalue weighted by atomic mass is 32.2. The largest absolute Gasteiger partial charge is 0.355 e. The Labute approximate surface area is 184 Å². The normalized spacial score (nSPS) is 14.9. The second-order valence-electron chi connectivity index (χ2n) is 8.23. The summed E-state index contributed by atoms with van der Waals surface area (Å²) in [5.41, 5.74) is 12.7. The van der Waals surface area contributed by atoms with E-state index in [0.29, 0.717) is 0 Å². The number of nitrogens with one attached hydrogen (secondary N) is 1. The summed E-state index contributed by atoms with van der Waals surface area (Å²) in [7, 11) is 0. The van der Waals surface area contributed by atoms with Crippen LogP contribution in [-0.4, -0.2) is 10.1 Å². The van der Waals surface area contributed by atoms with Gasteiger partial charge in [-0.05, 0) is 63.3 Å². The molecule has 1 fully saturated rings. The standard InChI is InChI=1S/C25H21N5S/c26-25(11-12-25)18-7-5-16(6-8-18)17-13-28-24-22(14-29-30(24)15-17)20-9-10-23(31-27)21-4-2-1-3-19(20)21/h1-10,13-15H,11-12,26-27H2/p+1. The first-order valence-electron chi connectivity index (χ1n) is 10.3. The summed E-state index contributed by atoms with van der Waals surface area (Å²) < 4.78 is 1.98. The Kier molecular flexibility index (Phi) is 4.14. The van der Waals surface area contributed by atoms with Crippen molar-refractivity contribution in [1.29, 1.82) is 0 Å². The summed E-state index contributed by atoms with van der Waals surface area (Å²) >= 11 is 1.28. The molecule has 0 saturated heterocycles. The Bertz CT molecular complexity index is 1430. The van der Waals surface area contributed by atoms with Gasteiger partial charge in [0.25, 0.3) is 0 Å². The number of nitrogens with two attached hydrogens (primary N) is 2. The number of H-pyrrole nitrogens is 1. The number of benzene rings is 3. The lowest BCUT2D eigenvalue weighted by Gasteiger charge is -2.09. The third-order valence-corrected chi connectivity index (χ3v) is 6.90. The van der Waals surface area contributed by atoms with E-state index < -0.39 is 0 Å². The summed E-state index contributed by atoms with van der Waals surface area (Å²) in [6, 6.07) is 21.1. The molecule has 0 aliphatic heterocycles. The van der Waals surface area contributed by atoms with Gasteiger partial charge >= 0.3 is 5.65 Å². The molecular weight excluding hydrogens is 402 g/mol. The van der Waals surface area contributed by atoms with E-state index in [4.69, 9.17) is 15.9 Å². The molecule has 6 rings (SSSR count). The third kappa shape index (κ3) is 3.03. The van der Waals surface area contributed by atoms with E-state index in [1.54, 1.807) is 0 Å². The van der Waals surface area contributed by atoms with Gasteiger partial charge in [-0.3, -0.25) is 5.14 Å². The summed E-state index contributed by atoms with van der Waals surface area (Å²) in [6.45, 7) is 0. The lowest BCUT2D eigenvalue weighted by atomic mass is 10.00. The van der Waals surface area contributed by atoms with Crippen molar-refractivity contribution in [2.45, 2.75) is 23.3 Å². The molecule has 0 unspecified atom stereocenters. The monoisotopic (exact) mass is 424 g/mol. The average Bonchev–Trinajstić information content (AvgIpc) is 3.44. The number of rotatable bonds is 4. The molecule has 3 aromatic carbocycles. The number of aromatic amines is 1. The molecule has 0 bridgehead atoms. The molecule has 2 heterocycles. The van der Waals surface area contributed by atoms with Crippen LogP contribution < -0.4 is 15.4 Å². The number of fused-ring (bicyclic) bond motifs is 2. The van der Waals surface area contributed by atoms with E-state index in [1.807, 2.05) is 23.0 Å². The maximum atomic E-state index is 6.32. The molecule has 5 aromatic rings. The smallest absolute Gasteiger partial charge is 0.321 e. The van der Waals surface area contributed by atoms with Crippen LogP contribution in [-0.2, 0) is 5.54 Å². The Morgan fingerprint density at radius 2 is 1.68 bits per heavy atom. The van der Waals surface area contributed by atoms with Gasteiger partial charge < -0.3 is 5.73 Å². The van der Waals surface area contributed by atoms with Crippen LogP contribution in [0.5, 0.6) is 0 Å². The second-order valence-corrected chi connectivity index (χ2v) is 8.91. The zero-order chi connectivity index (χ0) is 21.0. The van der Waals surface area contributed by atoms with Crippen LogP contribution in [0.25, 0.3) is 38.7 Å². The maximum absolute atomic E-state index is 6.32. The number of aromatic nitrogens is 3. The first-order chi connectivity index (χ1) is 15.2. The second kappa shape index (κ2) is 6.92. The summed E-state index contributed by atoms with van der Waals surface area (Å²) in [6.07, 6.45) is 8.17. The molecule has 0 spiro atoms. The fourth-order valence-corrected chi connectivity index (χ4v) is 4.75. The summed E-state index contributed by atoms with van der Waals surface area (Å²) in [5, 5.41) is 11.5. The minimum atomic E-state index is -0.107. The van der Waals surface area contributed by atoms with Gasteiger partial charge in [-0.2, -0.15) is 0 Å². The van der Waals surface area contributed by atoms with Crippen molar-refractivity contribution in [1.82, 2.24) is 10.1 Å². The van der Waals surface area contributed by atoms with Crippen LogP contribution in [0, 0.1) is 0 Å². The van der Waals surface area contributed by atoms with Crippen LogP contribution in [0.1, 0.15) is 18.4 Å². The molecule has 5 nitrogen and oxygen atoms in total. The predicted octanol–water partition coefficient (Wildman–Crippen LogP) is 4.55. The number of hydrogen-bond acceptors (Lipinski definition) is 4. The highest BCUT2D eigenvalue weighted by Crippen LogP contribution is 2.43. The van der Waals surface area contributed by atoms with Gasteiger partial charge in [-0.15, -0.1) is 4.52 Å². The van der Waals surface area contributed by atoms with Crippen molar-refractivity contribution >= 4 is 28.4 Å². The lowest BCUT2D eigenvalue weighted by molar-refractivity contribution is -0.578. The van der Waals surface area contributed by atoms with Gasteiger partial charge in [-0.1, -0.05) is 54.6 Å². The fraction of sp³-hybridized carbons (Fsp3) is 0.120. The Balaban J connectivity index is 1.43. The van der Waals surface area contributed by atoms with Crippen LogP contribution in [0.2, 0.25) is 0 Å². The van der Waals surface area contributed by atoms with Crippen molar-refractivity contribution in [3.63, 3.8) is 0 Å². The average molecular weight is 425 g/mol. The zero-order valence-corrected chi connectivity index (χ0v) is 17.7. The molecule has 1 aliphatic carbocycles. The summed E-state index contributed by atoms with van der Waals surface area (Å²) in [4.78, 5) is 5.87. The van der Waals surface area contributed by atoms with E-state index in [-0.39, 0.29) is 5.54 Å². The topological polar surface area (TPSA) is 84.8 Å². The molecule has 2 aromatic heterocycles. The van der Waals surface area contributed by atoms with E-state index in [2.05, 4.69) is 65.9 Å². The third-order valence-electron chi connectivity index (χ3n) is 6.29. The molecule has 31 heavy (non-hydrogen) atoms. The van der Waals surface area contributed by atoms with Crippen LogP contribution in [0.15, 0.2) is 84.1 Å². The molecular formula is C25H22N5S+. The maximum Gasteiger partial charge on any atom is 0.355 e. The molecule has 1 aliphatic rings. The van der Waals surface area contributed by atoms with Gasteiger partial charge in [0.2, 0.25) is 0 Å². The van der Waals surface area contributed by atoms with Gasteiger partial charge in [0, 0.05) is 10.4 Å². The van der Waals surface area contributed by atoms with Gasteiger partial charge in [0.1, 0.15) is 6.20 Å². The Hall–Kier alpha value is -3.19. The molecule has 5 N–H and O–H groups in total. The molecule has 1 saturated carbocycles. The van der Waals surface area contributed by atoms with E-state index in [0.717, 1.165) is 56.4 Å². The SMILES string of the molecule is NSc1ccc(-c2c[nH][n+]3cc(-c4ccc(C5(N)CC5)cc4)cnc23)c2ccccc12. The predicted molar refractivity (Wildman–Crippen MR) is 125 cm³/mol. The van der Waals surface area contributed by atoms with Crippen LogP contribution >= 0.6 is 11.9 Å². The molecule has 0 radical (unpaired) electrons. The van der Waals surface area contributed by atoms with Crippen molar-refractivity contribution in [3.05, 3.63) is 84.8 Å². The quantitative estimate of drug-likeness (QED) is 0.292. The minimum absolute atomic E-state index is 0.107. The van der Waals surface area contributed by atoms with Crippen molar-refractivity contribution in [3.8, 4) is 22.3 Å².